The van der Waals surface area contributed by atoms with E-state index in [-0.39, 0.29) is 17.9 Å². The van der Waals surface area contributed by atoms with Crippen molar-refractivity contribution in [3.05, 3.63) is 29.8 Å². The second-order valence-corrected chi connectivity index (χ2v) is 7.92. The number of carbonyl (C=O) groups is 2. The molecule has 0 aliphatic carbocycles. The van der Waals surface area contributed by atoms with Crippen molar-refractivity contribution in [1.82, 2.24) is 15.1 Å². The van der Waals surface area contributed by atoms with Crippen molar-refractivity contribution in [3.8, 4) is 5.75 Å². The molecule has 28 heavy (non-hydrogen) atoms. The van der Waals surface area contributed by atoms with Gasteiger partial charge < -0.3 is 19.9 Å². The largest absolute Gasteiger partial charge is 0.493 e. The summed E-state index contributed by atoms with van der Waals surface area (Å²) in [5, 5.41) is 3.06. The fourth-order valence-corrected chi connectivity index (χ4v) is 4.31. The van der Waals surface area contributed by atoms with E-state index in [1.54, 1.807) is 11.0 Å². The molecule has 1 aromatic carbocycles. The fraction of sp³-hybridized carbons (Fsp3) is 0.636. The van der Waals surface area contributed by atoms with Crippen LogP contribution in [0.25, 0.3) is 0 Å². The average molecular weight is 388 g/mol. The Kier molecular flexibility index (Phi) is 7.31. The van der Waals surface area contributed by atoms with Crippen molar-refractivity contribution in [1.29, 1.82) is 0 Å². The molecule has 2 unspecified atom stereocenters. The Morgan fingerprint density at radius 1 is 1.18 bits per heavy atom. The van der Waals surface area contributed by atoms with Crippen LogP contribution in [0.1, 0.15) is 49.9 Å². The van der Waals surface area contributed by atoms with Gasteiger partial charge in [-0.2, -0.15) is 0 Å². The molecule has 0 aromatic heterocycles. The minimum absolute atomic E-state index is 0.0372. The van der Waals surface area contributed by atoms with E-state index in [9.17, 15) is 9.59 Å². The lowest BCUT2D eigenvalue weighted by molar-refractivity contribution is -0.124. The Bertz CT molecular complexity index is 679. The van der Waals surface area contributed by atoms with E-state index >= 15 is 0 Å². The SMILES string of the molecule is CCOc1ccccc1C(=O)N1CCCC1C(=O)NCCN1CCCC(C)C1. The van der Waals surface area contributed by atoms with Crippen LogP contribution in [-0.4, -0.2) is 67.0 Å². The van der Waals surface area contributed by atoms with Crippen LogP contribution in [0.5, 0.6) is 5.75 Å². The summed E-state index contributed by atoms with van der Waals surface area (Å²) in [6, 6.07) is 6.89. The minimum Gasteiger partial charge on any atom is -0.493 e. The molecule has 2 heterocycles. The van der Waals surface area contributed by atoms with Gasteiger partial charge in [-0.15, -0.1) is 0 Å². The molecule has 2 saturated heterocycles. The Morgan fingerprint density at radius 3 is 2.75 bits per heavy atom. The standard InChI is InChI=1S/C22H33N3O3/c1-3-28-20-11-5-4-9-18(20)22(27)25-14-7-10-19(25)21(26)23-12-15-24-13-6-8-17(2)16-24/h4-5,9,11,17,19H,3,6-8,10,12-16H2,1-2H3,(H,23,26). The van der Waals surface area contributed by atoms with E-state index in [0.29, 0.717) is 31.0 Å². The maximum Gasteiger partial charge on any atom is 0.258 e. The quantitative estimate of drug-likeness (QED) is 0.781. The molecule has 2 fully saturated rings. The Hall–Kier alpha value is -2.08. The first-order chi connectivity index (χ1) is 13.6. The number of rotatable bonds is 7. The summed E-state index contributed by atoms with van der Waals surface area (Å²) >= 11 is 0. The Balaban J connectivity index is 1.56. The van der Waals surface area contributed by atoms with E-state index < -0.39 is 0 Å². The number of benzene rings is 1. The predicted octanol–water partition coefficient (Wildman–Crippen LogP) is 2.54. The van der Waals surface area contributed by atoms with Crippen molar-refractivity contribution in [2.75, 3.05) is 39.3 Å². The minimum atomic E-state index is -0.387. The van der Waals surface area contributed by atoms with Gasteiger partial charge in [0.05, 0.1) is 12.2 Å². The van der Waals surface area contributed by atoms with Crippen molar-refractivity contribution in [2.45, 2.75) is 45.6 Å². The highest BCUT2D eigenvalue weighted by molar-refractivity contribution is 6.00. The molecule has 2 atom stereocenters. The van der Waals surface area contributed by atoms with Crippen molar-refractivity contribution >= 4 is 11.8 Å². The number of likely N-dealkylation sites (tertiary alicyclic amines) is 2. The van der Waals surface area contributed by atoms with E-state index in [2.05, 4.69) is 17.1 Å². The second-order valence-electron chi connectivity index (χ2n) is 7.92. The zero-order valence-electron chi connectivity index (χ0n) is 17.2. The first-order valence-corrected chi connectivity index (χ1v) is 10.6. The molecule has 1 N–H and O–H groups in total. The molecule has 1 aromatic rings. The summed E-state index contributed by atoms with van der Waals surface area (Å²) in [7, 11) is 0. The zero-order chi connectivity index (χ0) is 19.9. The number of carbonyl (C=O) groups excluding carboxylic acids is 2. The topological polar surface area (TPSA) is 61.9 Å². The molecule has 3 rings (SSSR count). The zero-order valence-corrected chi connectivity index (χ0v) is 17.2. The smallest absolute Gasteiger partial charge is 0.258 e. The lowest BCUT2D eigenvalue weighted by atomic mass is 10.0. The molecule has 2 amide bonds. The molecule has 2 aliphatic heterocycles. The Morgan fingerprint density at radius 2 is 1.96 bits per heavy atom. The number of nitrogens with one attached hydrogen (secondary N) is 1. The van der Waals surface area contributed by atoms with Gasteiger partial charge in [-0.25, -0.2) is 0 Å². The molecule has 154 valence electrons. The number of hydrogen-bond donors (Lipinski definition) is 1. The van der Waals surface area contributed by atoms with Gasteiger partial charge in [-0.05, 0) is 57.2 Å². The van der Waals surface area contributed by atoms with Crippen molar-refractivity contribution in [2.24, 2.45) is 5.92 Å². The summed E-state index contributed by atoms with van der Waals surface area (Å²) in [6.45, 7) is 9.04. The molecule has 6 nitrogen and oxygen atoms in total. The van der Waals surface area contributed by atoms with Crippen LogP contribution < -0.4 is 10.1 Å². The highest BCUT2D eigenvalue weighted by atomic mass is 16.5. The third-order valence-corrected chi connectivity index (χ3v) is 5.70. The summed E-state index contributed by atoms with van der Waals surface area (Å²) in [5.74, 6) is 1.16. The van der Waals surface area contributed by atoms with E-state index in [0.717, 1.165) is 38.4 Å². The molecular weight excluding hydrogens is 354 g/mol. The van der Waals surface area contributed by atoms with Crippen LogP contribution in [0, 0.1) is 5.92 Å². The van der Waals surface area contributed by atoms with Crippen LogP contribution in [-0.2, 0) is 4.79 Å². The van der Waals surface area contributed by atoms with Crippen molar-refractivity contribution in [3.63, 3.8) is 0 Å². The van der Waals surface area contributed by atoms with Gasteiger partial charge in [0.1, 0.15) is 11.8 Å². The highest BCUT2D eigenvalue weighted by Crippen LogP contribution is 2.25. The fourth-order valence-electron chi connectivity index (χ4n) is 4.31. The van der Waals surface area contributed by atoms with Gasteiger partial charge >= 0.3 is 0 Å². The number of piperidine rings is 1. The first kappa shape index (κ1) is 20.6. The monoisotopic (exact) mass is 387 g/mol. The van der Waals surface area contributed by atoms with E-state index in [1.165, 1.54) is 12.8 Å². The number of ether oxygens (including phenoxy) is 1. The molecule has 0 bridgehead atoms. The van der Waals surface area contributed by atoms with Gasteiger partial charge in [0, 0.05) is 26.2 Å². The number of nitrogens with zero attached hydrogens (tertiary/aromatic N) is 2. The molecule has 0 radical (unpaired) electrons. The van der Waals surface area contributed by atoms with Gasteiger partial charge in [-0.1, -0.05) is 19.1 Å². The van der Waals surface area contributed by atoms with Crippen LogP contribution in [0.4, 0.5) is 0 Å². The third kappa shape index (κ3) is 5.04. The van der Waals surface area contributed by atoms with Crippen LogP contribution in [0.2, 0.25) is 0 Å². The van der Waals surface area contributed by atoms with E-state index in [4.69, 9.17) is 4.74 Å². The lowest BCUT2D eigenvalue weighted by Crippen LogP contribution is -2.48. The van der Waals surface area contributed by atoms with Gasteiger partial charge in [0.25, 0.3) is 5.91 Å². The number of amides is 2. The van der Waals surface area contributed by atoms with Crippen molar-refractivity contribution < 1.29 is 14.3 Å². The molecule has 0 saturated carbocycles. The summed E-state index contributed by atoms with van der Waals surface area (Å²) in [6.07, 6.45) is 4.10. The predicted molar refractivity (Wildman–Crippen MR) is 110 cm³/mol. The summed E-state index contributed by atoms with van der Waals surface area (Å²) < 4.78 is 5.60. The maximum atomic E-state index is 13.1. The van der Waals surface area contributed by atoms with Gasteiger partial charge in [0.15, 0.2) is 0 Å². The molecule has 6 heteroatoms. The van der Waals surface area contributed by atoms with Crippen LogP contribution in [0.3, 0.4) is 0 Å². The van der Waals surface area contributed by atoms with Gasteiger partial charge in [-0.3, -0.25) is 9.59 Å². The summed E-state index contributed by atoms with van der Waals surface area (Å²) in [4.78, 5) is 30.0. The summed E-state index contributed by atoms with van der Waals surface area (Å²) in [5.41, 5.74) is 0.534. The maximum absolute atomic E-state index is 13.1. The second kappa shape index (κ2) is 9.92. The van der Waals surface area contributed by atoms with E-state index in [1.807, 2.05) is 25.1 Å². The third-order valence-electron chi connectivity index (χ3n) is 5.70. The van der Waals surface area contributed by atoms with Crippen LogP contribution in [0.15, 0.2) is 24.3 Å². The molecule has 0 spiro atoms. The number of hydrogen-bond acceptors (Lipinski definition) is 4. The first-order valence-electron chi connectivity index (χ1n) is 10.6. The normalized spacial score (nSPS) is 22.9. The van der Waals surface area contributed by atoms with Crippen LogP contribution >= 0.6 is 0 Å². The van der Waals surface area contributed by atoms with Gasteiger partial charge in [0.2, 0.25) is 5.91 Å². The lowest BCUT2D eigenvalue weighted by Gasteiger charge is -2.31. The highest BCUT2D eigenvalue weighted by Gasteiger charge is 2.35. The number of para-hydroxylation sites is 1. The Labute approximate surface area is 168 Å². The molecular formula is C22H33N3O3. The average Bonchev–Trinajstić information content (AvgIpc) is 3.18. The molecule has 2 aliphatic rings.